The van der Waals surface area contributed by atoms with Crippen LogP contribution in [0.15, 0.2) is 37.2 Å². The molecule has 0 bridgehead atoms. The maximum absolute atomic E-state index is 13.8. The van der Waals surface area contributed by atoms with Crippen molar-refractivity contribution in [2.75, 3.05) is 13.1 Å². The van der Waals surface area contributed by atoms with Crippen molar-refractivity contribution < 1.29 is 14.3 Å². The van der Waals surface area contributed by atoms with Gasteiger partial charge in [0.15, 0.2) is 0 Å². The minimum absolute atomic E-state index is 0.0713. The van der Waals surface area contributed by atoms with Gasteiger partial charge in [-0.1, -0.05) is 0 Å². The van der Waals surface area contributed by atoms with Gasteiger partial charge in [0.25, 0.3) is 5.91 Å². The molecular weight excluding hydrogens is 313 g/mol. The van der Waals surface area contributed by atoms with Gasteiger partial charge in [0.05, 0.1) is 11.8 Å². The van der Waals surface area contributed by atoms with Gasteiger partial charge in [-0.3, -0.25) is 14.7 Å². The van der Waals surface area contributed by atoms with E-state index in [1.165, 1.54) is 24.8 Å². The van der Waals surface area contributed by atoms with Crippen LogP contribution in [0, 0.1) is 0 Å². The Morgan fingerprint density at radius 2 is 2.08 bits per heavy atom. The largest absolute Gasteiger partial charge is 0.506 e. The lowest BCUT2D eigenvalue weighted by atomic mass is 10.2. The molecule has 2 aromatic rings. The molecule has 1 aliphatic rings. The number of carbonyl (C=O) groups excluding carboxylic acids is 1. The molecule has 0 radical (unpaired) electrons. The molecule has 24 heavy (non-hydrogen) atoms. The van der Waals surface area contributed by atoms with Crippen molar-refractivity contribution in [3.8, 4) is 5.75 Å². The number of carbonyl (C=O) groups is 1. The summed E-state index contributed by atoms with van der Waals surface area (Å²) < 4.78 is 13.8. The number of aromatic hydroxyl groups is 1. The van der Waals surface area contributed by atoms with E-state index in [9.17, 15) is 14.3 Å². The summed E-state index contributed by atoms with van der Waals surface area (Å²) in [6.07, 6.45) is 6.93. The molecule has 1 aliphatic heterocycles. The van der Waals surface area contributed by atoms with E-state index in [1.54, 1.807) is 12.4 Å². The van der Waals surface area contributed by atoms with Crippen LogP contribution in [0.1, 0.15) is 22.3 Å². The maximum Gasteiger partial charge on any atom is 0.253 e. The first-order valence-corrected chi connectivity index (χ1v) is 7.66. The third-order valence-corrected chi connectivity index (χ3v) is 3.96. The summed E-state index contributed by atoms with van der Waals surface area (Å²) in [5.41, 5.74) is 1.17. The zero-order chi connectivity index (χ0) is 16.9. The summed E-state index contributed by atoms with van der Waals surface area (Å²) in [6.45, 7) is 1.18. The van der Waals surface area contributed by atoms with Gasteiger partial charge < -0.3 is 10.4 Å². The third kappa shape index (κ3) is 4.02. The molecule has 2 aromatic heterocycles. The number of nitrogens with one attached hydrogen (secondary N) is 1. The number of likely N-dealkylation sites (tertiary alicyclic amines) is 1. The normalized spacial score (nSPS) is 20.9. The van der Waals surface area contributed by atoms with Crippen molar-refractivity contribution in [3.05, 3.63) is 48.3 Å². The smallest absolute Gasteiger partial charge is 0.253 e. The molecule has 1 fully saturated rings. The van der Waals surface area contributed by atoms with E-state index in [4.69, 9.17) is 0 Å². The van der Waals surface area contributed by atoms with Crippen LogP contribution in [0.4, 0.5) is 4.39 Å². The molecule has 0 saturated carbocycles. The molecule has 126 valence electrons. The summed E-state index contributed by atoms with van der Waals surface area (Å²) in [4.78, 5) is 25.8. The van der Waals surface area contributed by atoms with Crippen LogP contribution in [-0.4, -0.2) is 56.2 Å². The first kappa shape index (κ1) is 16.3. The van der Waals surface area contributed by atoms with Crippen molar-refractivity contribution in [2.45, 2.75) is 25.2 Å². The van der Waals surface area contributed by atoms with Crippen LogP contribution in [-0.2, 0) is 6.54 Å². The topological polar surface area (TPSA) is 91.2 Å². The van der Waals surface area contributed by atoms with Gasteiger partial charge in [-0.25, -0.2) is 14.4 Å². The molecule has 3 rings (SSSR count). The number of halogens is 1. The molecule has 0 unspecified atom stereocenters. The molecule has 2 N–H and O–H groups in total. The van der Waals surface area contributed by atoms with Gasteiger partial charge in [0, 0.05) is 49.8 Å². The highest BCUT2D eigenvalue weighted by molar-refractivity contribution is 5.94. The second-order valence-electron chi connectivity index (χ2n) is 5.80. The Morgan fingerprint density at radius 1 is 1.29 bits per heavy atom. The number of hydrogen-bond donors (Lipinski definition) is 2. The Balaban J connectivity index is 1.59. The zero-order valence-electron chi connectivity index (χ0n) is 13.0. The Bertz CT molecular complexity index is 700. The first-order valence-electron chi connectivity index (χ1n) is 7.66. The van der Waals surface area contributed by atoms with E-state index in [0.29, 0.717) is 26.1 Å². The fourth-order valence-electron chi connectivity index (χ4n) is 2.84. The fourth-order valence-corrected chi connectivity index (χ4v) is 2.84. The Morgan fingerprint density at radius 3 is 2.83 bits per heavy atom. The number of rotatable bonds is 5. The molecule has 7 nitrogen and oxygen atoms in total. The van der Waals surface area contributed by atoms with Crippen LogP contribution in [0.25, 0.3) is 0 Å². The Kier molecular flexibility index (Phi) is 4.95. The number of alkyl halides is 1. The predicted molar refractivity (Wildman–Crippen MR) is 84.0 cm³/mol. The third-order valence-electron chi connectivity index (χ3n) is 3.96. The van der Waals surface area contributed by atoms with Gasteiger partial charge >= 0.3 is 0 Å². The van der Waals surface area contributed by atoms with Crippen LogP contribution in [0.3, 0.4) is 0 Å². The van der Waals surface area contributed by atoms with E-state index >= 15 is 0 Å². The standard InChI is InChI=1S/C16H18FN5O2/c17-13-2-14(22(9-13)8-11-3-19-10-20-4-11)6-21-16(24)12-1-15(23)7-18-5-12/h1,3-5,7,10,13-14,23H,2,6,8-9H2,(H,21,24)/t13-,14-/m0/s1. The van der Waals surface area contributed by atoms with Crippen molar-refractivity contribution in [3.63, 3.8) is 0 Å². The number of pyridine rings is 1. The maximum atomic E-state index is 13.8. The molecule has 8 heteroatoms. The van der Waals surface area contributed by atoms with Crippen LogP contribution in [0.5, 0.6) is 5.75 Å². The Hall–Kier alpha value is -2.61. The highest BCUT2D eigenvalue weighted by Gasteiger charge is 2.32. The monoisotopic (exact) mass is 331 g/mol. The molecule has 3 heterocycles. The molecule has 1 amide bonds. The van der Waals surface area contributed by atoms with Crippen molar-refractivity contribution in [1.82, 2.24) is 25.2 Å². The van der Waals surface area contributed by atoms with Crippen molar-refractivity contribution >= 4 is 5.91 Å². The number of aromatic nitrogens is 3. The molecule has 0 spiro atoms. The van der Waals surface area contributed by atoms with Gasteiger partial charge in [-0.2, -0.15) is 0 Å². The SMILES string of the molecule is O=C(NC[C@@H]1C[C@H](F)CN1Cc1cncnc1)c1cncc(O)c1. The molecule has 1 saturated heterocycles. The van der Waals surface area contributed by atoms with Gasteiger partial charge in [0.2, 0.25) is 0 Å². The molecule has 0 aromatic carbocycles. The highest BCUT2D eigenvalue weighted by Crippen LogP contribution is 2.22. The Labute approximate surface area is 138 Å². The highest BCUT2D eigenvalue weighted by atomic mass is 19.1. The van der Waals surface area contributed by atoms with Crippen LogP contribution in [0.2, 0.25) is 0 Å². The lowest BCUT2D eigenvalue weighted by molar-refractivity contribution is 0.0939. The summed E-state index contributed by atoms with van der Waals surface area (Å²) >= 11 is 0. The summed E-state index contributed by atoms with van der Waals surface area (Å²) in [5, 5.41) is 12.1. The quantitative estimate of drug-likeness (QED) is 0.847. The summed E-state index contributed by atoms with van der Waals surface area (Å²) in [5.74, 6) is -0.415. The van der Waals surface area contributed by atoms with E-state index < -0.39 is 6.17 Å². The van der Waals surface area contributed by atoms with Gasteiger partial charge in [-0.05, 0) is 12.5 Å². The number of nitrogens with zero attached hydrogens (tertiary/aromatic N) is 4. The van der Waals surface area contributed by atoms with E-state index in [2.05, 4.69) is 20.3 Å². The number of amides is 1. The second-order valence-corrected chi connectivity index (χ2v) is 5.80. The predicted octanol–water partition coefficient (Wildman–Crippen LogP) is 0.920. The molecule has 2 atom stereocenters. The number of hydrogen-bond acceptors (Lipinski definition) is 6. The zero-order valence-corrected chi connectivity index (χ0v) is 13.0. The van der Waals surface area contributed by atoms with Crippen LogP contribution < -0.4 is 5.32 Å². The average Bonchev–Trinajstić information content (AvgIpc) is 2.93. The summed E-state index contributed by atoms with van der Waals surface area (Å²) in [7, 11) is 0. The second kappa shape index (κ2) is 7.31. The van der Waals surface area contributed by atoms with Crippen molar-refractivity contribution in [2.24, 2.45) is 0 Å². The van der Waals surface area contributed by atoms with E-state index in [0.717, 1.165) is 5.56 Å². The lowest BCUT2D eigenvalue weighted by Gasteiger charge is -2.24. The lowest BCUT2D eigenvalue weighted by Crippen LogP contribution is -2.39. The van der Waals surface area contributed by atoms with E-state index in [-0.39, 0.29) is 23.3 Å². The average molecular weight is 331 g/mol. The molecular formula is C16H18FN5O2. The first-order chi connectivity index (χ1) is 11.6. The minimum Gasteiger partial charge on any atom is -0.506 e. The van der Waals surface area contributed by atoms with Gasteiger partial charge in [-0.15, -0.1) is 0 Å². The van der Waals surface area contributed by atoms with E-state index in [1.807, 2.05) is 4.90 Å². The minimum atomic E-state index is -0.918. The fraction of sp³-hybridized carbons (Fsp3) is 0.375. The van der Waals surface area contributed by atoms with Crippen molar-refractivity contribution in [1.29, 1.82) is 0 Å². The van der Waals surface area contributed by atoms with Gasteiger partial charge in [0.1, 0.15) is 18.2 Å². The summed E-state index contributed by atoms with van der Waals surface area (Å²) in [6, 6.07) is 1.24. The van der Waals surface area contributed by atoms with Crippen LogP contribution >= 0.6 is 0 Å². The molecule has 0 aliphatic carbocycles.